The summed E-state index contributed by atoms with van der Waals surface area (Å²) in [6.45, 7) is 3.09. The van der Waals surface area contributed by atoms with Crippen molar-refractivity contribution in [3.8, 4) is 17.0 Å². The van der Waals surface area contributed by atoms with Gasteiger partial charge in [0.1, 0.15) is 5.75 Å². The van der Waals surface area contributed by atoms with Crippen LogP contribution >= 0.6 is 11.3 Å². The number of thiazole rings is 1. The molecule has 0 aliphatic carbocycles. The predicted octanol–water partition coefficient (Wildman–Crippen LogP) is 3.10. The minimum atomic E-state index is 0.00270. The standard InChI is InChI=1S/C16H20N2O2S/c1-20-13-8-4-3-7-12(13)15-14(21-16(19)17-15)11-18-9-5-2-6-10-18/h3-4,7-8H,2,5-6,9-11H2,1H3,(H,17,19). The molecule has 1 aromatic heterocycles. The molecule has 5 heteroatoms. The number of H-pyrrole nitrogens is 1. The van der Waals surface area contributed by atoms with Gasteiger partial charge in [0, 0.05) is 17.0 Å². The van der Waals surface area contributed by atoms with Crippen LogP contribution in [-0.2, 0) is 6.54 Å². The van der Waals surface area contributed by atoms with Gasteiger partial charge in [0.05, 0.1) is 12.8 Å². The van der Waals surface area contributed by atoms with Crippen molar-refractivity contribution in [3.63, 3.8) is 0 Å². The van der Waals surface area contributed by atoms with Crippen molar-refractivity contribution >= 4 is 11.3 Å². The Hall–Kier alpha value is -1.59. The number of likely N-dealkylation sites (tertiary alicyclic amines) is 1. The number of ether oxygens (including phenoxy) is 1. The quantitative estimate of drug-likeness (QED) is 0.944. The number of aromatic nitrogens is 1. The van der Waals surface area contributed by atoms with E-state index in [1.165, 1.54) is 30.6 Å². The molecule has 0 amide bonds. The third-order valence-electron chi connectivity index (χ3n) is 3.91. The molecule has 21 heavy (non-hydrogen) atoms. The summed E-state index contributed by atoms with van der Waals surface area (Å²) in [6, 6.07) is 7.84. The third kappa shape index (κ3) is 3.19. The van der Waals surface area contributed by atoms with E-state index in [0.29, 0.717) is 0 Å². The van der Waals surface area contributed by atoms with Crippen LogP contribution in [0.1, 0.15) is 24.1 Å². The Balaban J connectivity index is 1.93. The van der Waals surface area contributed by atoms with Crippen molar-refractivity contribution in [1.29, 1.82) is 0 Å². The molecule has 1 aromatic carbocycles. The molecule has 0 bridgehead atoms. The molecule has 2 aromatic rings. The summed E-state index contributed by atoms with van der Waals surface area (Å²) in [5.41, 5.74) is 1.87. The minimum Gasteiger partial charge on any atom is -0.496 e. The van der Waals surface area contributed by atoms with Crippen LogP contribution in [-0.4, -0.2) is 30.1 Å². The summed E-state index contributed by atoms with van der Waals surface area (Å²) in [4.78, 5) is 18.3. The third-order valence-corrected chi connectivity index (χ3v) is 4.78. The number of methoxy groups -OCH3 is 1. The van der Waals surface area contributed by atoms with Crippen LogP contribution in [0, 0.1) is 0 Å². The van der Waals surface area contributed by atoms with Gasteiger partial charge in [0.2, 0.25) is 0 Å². The number of rotatable bonds is 4. The van der Waals surface area contributed by atoms with Crippen LogP contribution in [0.5, 0.6) is 5.75 Å². The second-order valence-electron chi connectivity index (χ2n) is 5.35. The molecule has 1 N–H and O–H groups in total. The normalized spacial score (nSPS) is 16.0. The molecule has 0 unspecified atom stereocenters. The Morgan fingerprint density at radius 2 is 2.00 bits per heavy atom. The van der Waals surface area contributed by atoms with E-state index in [2.05, 4.69) is 9.88 Å². The minimum absolute atomic E-state index is 0.00270. The molecule has 1 aliphatic heterocycles. The first-order valence-electron chi connectivity index (χ1n) is 7.35. The first-order valence-corrected chi connectivity index (χ1v) is 8.17. The van der Waals surface area contributed by atoms with Gasteiger partial charge in [-0.2, -0.15) is 0 Å². The van der Waals surface area contributed by atoms with E-state index < -0.39 is 0 Å². The Morgan fingerprint density at radius 3 is 2.76 bits per heavy atom. The van der Waals surface area contributed by atoms with Crippen molar-refractivity contribution in [2.24, 2.45) is 0 Å². The topological polar surface area (TPSA) is 45.3 Å². The van der Waals surface area contributed by atoms with Crippen molar-refractivity contribution in [1.82, 2.24) is 9.88 Å². The average Bonchev–Trinajstić information content (AvgIpc) is 2.88. The fourth-order valence-electron chi connectivity index (χ4n) is 2.86. The number of nitrogens with zero attached hydrogens (tertiary/aromatic N) is 1. The van der Waals surface area contributed by atoms with Gasteiger partial charge in [0.15, 0.2) is 0 Å². The van der Waals surface area contributed by atoms with Crippen molar-refractivity contribution in [2.45, 2.75) is 25.8 Å². The lowest BCUT2D eigenvalue weighted by molar-refractivity contribution is 0.223. The van der Waals surface area contributed by atoms with E-state index in [-0.39, 0.29) is 4.87 Å². The summed E-state index contributed by atoms with van der Waals surface area (Å²) in [6.07, 6.45) is 3.83. The molecule has 4 nitrogen and oxygen atoms in total. The smallest absolute Gasteiger partial charge is 0.305 e. The molecule has 112 valence electrons. The first kappa shape index (κ1) is 14.4. The van der Waals surface area contributed by atoms with E-state index in [0.717, 1.165) is 41.5 Å². The highest BCUT2D eigenvalue weighted by Gasteiger charge is 2.18. The lowest BCUT2D eigenvalue weighted by Gasteiger charge is -2.26. The predicted molar refractivity (Wildman–Crippen MR) is 86.1 cm³/mol. The molecule has 1 aliphatic rings. The van der Waals surface area contributed by atoms with Crippen LogP contribution in [0.3, 0.4) is 0 Å². The summed E-state index contributed by atoms with van der Waals surface area (Å²) < 4.78 is 5.42. The van der Waals surface area contributed by atoms with Gasteiger partial charge >= 0.3 is 4.87 Å². The number of nitrogens with one attached hydrogen (secondary N) is 1. The molecular formula is C16H20N2O2S. The van der Waals surface area contributed by atoms with Crippen LogP contribution in [0.2, 0.25) is 0 Å². The molecular weight excluding hydrogens is 284 g/mol. The van der Waals surface area contributed by atoms with Crippen molar-refractivity contribution in [3.05, 3.63) is 38.8 Å². The second-order valence-corrected chi connectivity index (χ2v) is 6.42. The highest BCUT2D eigenvalue weighted by molar-refractivity contribution is 7.09. The SMILES string of the molecule is COc1ccccc1-c1[nH]c(=O)sc1CN1CCCCC1. The molecule has 2 heterocycles. The maximum Gasteiger partial charge on any atom is 0.305 e. The fraction of sp³-hybridized carbons (Fsp3) is 0.438. The maximum atomic E-state index is 11.8. The highest BCUT2D eigenvalue weighted by Crippen LogP contribution is 2.32. The number of para-hydroxylation sites is 1. The van der Waals surface area contributed by atoms with Gasteiger partial charge in [-0.15, -0.1) is 0 Å². The van der Waals surface area contributed by atoms with Crippen LogP contribution < -0.4 is 9.61 Å². The molecule has 0 atom stereocenters. The number of piperidine rings is 1. The van der Waals surface area contributed by atoms with Crippen LogP contribution in [0.25, 0.3) is 11.3 Å². The Kier molecular flexibility index (Phi) is 4.41. The molecule has 0 saturated carbocycles. The Labute approximate surface area is 128 Å². The van der Waals surface area contributed by atoms with Crippen molar-refractivity contribution in [2.75, 3.05) is 20.2 Å². The van der Waals surface area contributed by atoms with Gasteiger partial charge in [-0.3, -0.25) is 9.69 Å². The fourth-order valence-corrected chi connectivity index (χ4v) is 3.75. The number of benzene rings is 1. The van der Waals surface area contributed by atoms with E-state index in [4.69, 9.17) is 4.74 Å². The van der Waals surface area contributed by atoms with Gasteiger partial charge in [-0.05, 0) is 38.1 Å². The zero-order chi connectivity index (χ0) is 14.7. The van der Waals surface area contributed by atoms with E-state index in [9.17, 15) is 4.79 Å². The number of aromatic amines is 1. The molecule has 0 spiro atoms. The van der Waals surface area contributed by atoms with Crippen LogP contribution in [0.15, 0.2) is 29.1 Å². The van der Waals surface area contributed by atoms with Crippen LogP contribution in [0.4, 0.5) is 0 Å². The van der Waals surface area contributed by atoms with Gasteiger partial charge in [-0.1, -0.05) is 29.9 Å². The first-order chi connectivity index (χ1) is 10.3. The Morgan fingerprint density at radius 1 is 1.24 bits per heavy atom. The number of hydrogen-bond acceptors (Lipinski definition) is 4. The maximum absolute atomic E-state index is 11.8. The number of hydrogen-bond donors (Lipinski definition) is 1. The van der Waals surface area contributed by atoms with Gasteiger partial charge < -0.3 is 9.72 Å². The lowest BCUT2D eigenvalue weighted by atomic mass is 10.1. The highest BCUT2D eigenvalue weighted by atomic mass is 32.1. The average molecular weight is 304 g/mol. The molecule has 1 fully saturated rings. The van der Waals surface area contributed by atoms with Gasteiger partial charge in [-0.25, -0.2) is 0 Å². The second kappa shape index (κ2) is 6.45. The van der Waals surface area contributed by atoms with E-state index in [1.807, 2.05) is 24.3 Å². The molecule has 0 radical (unpaired) electrons. The molecule has 1 saturated heterocycles. The summed E-state index contributed by atoms with van der Waals surface area (Å²) in [7, 11) is 1.66. The summed E-state index contributed by atoms with van der Waals surface area (Å²) in [5, 5.41) is 0. The zero-order valence-corrected chi connectivity index (χ0v) is 13.0. The van der Waals surface area contributed by atoms with E-state index in [1.54, 1.807) is 7.11 Å². The monoisotopic (exact) mass is 304 g/mol. The largest absolute Gasteiger partial charge is 0.496 e. The summed E-state index contributed by atoms with van der Waals surface area (Å²) >= 11 is 1.31. The van der Waals surface area contributed by atoms with E-state index >= 15 is 0 Å². The van der Waals surface area contributed by atoms with Crippen molar-refractivity contribution < 1.29 is 4.74 Å². The summed E-state index contributed by atoms with van der Waals surface area (Å²) in [5.74, 6) is 0.798. The Bertz CT molecular complexity index is 656. The molecule has 3 rings (SSSR count). The van der Waals surface area contributed by atoms with Gasteiger partial charge in [0.25, 0.3) is 0 Å². The lowest BCUT2D eigenvalue weighted by Crippen LogP contribution is -2.28. The zero-order valence-electron chi connectivity index (χ0n) is 12.2.